The Kier molecular flexibility index (Phi) is 7.33. The molecular formula is C31H32FN5O4. The summed E-state index contributed by atoms with van der Waals surface area (Å²) in [5.41, 5.74) is 4.54. The normalized spacial score (nSPS) is 14.5. The summed E-state index contributed by atoms with van der Waals surface area (Å²) in [5.74, 6) is -1.56. The highest BCUT2D eigenvalue weighted by Gasteiger charge is 2.30. The van der Waals surface area contributed by atoms with E-state index in [0.29, 0.717) is 29.6 Å². The van der Waals surface area contributed by atoms with Crippen molar-refractivity contribution in [2.45, 2.75) is 65.6 Å². The third-order valence-corrected chi connectivity index (χ3v) is 7.12. The van der Waals surface area contributed by atoms with Crippen molar-refractivity contribution in [2.24, 2.45) is 0 Å². The van der Waals surface area contributed by atoms with Crippen LogP contribution in [0.4, 0.5) is 4.39 Å². The van der Waals surface area contributed by atoms with Crippen molar-refractivity contribution < 1.29 is 23.5 Å². The number of halogens is 1. The number of fused-ring (bicyclic) bond motifs is 2. The first-order valence-corrected chi connectivity index (χ1v) is 13.5. The lowest BCUT2D eigenvalue weighted by molar-refractivity contribution is 0.00683. The Morgan fingerprint density at radius 3 is 2.59 bits per heavy atom. The van der Waals surface area contributed by atoms with E-state index < -0.39 is 17.4 Å². The quantitative estimate of drug-likeness (QED) is 0.330. The molecule has 0 saturated heterocycles. The molecule has 0 spiro atoms. The topological polar surface area (TPSA) is 115 Å². The molecule has 0 fully saturated rings. The lowest BCUT2D eigenvalue weighted by Crippen LogP contribution is -2.30. The number of nitrogens with zero attached hydrogens (tertiary/aromatic N) is 3. The maximum absolute atomic E-state index is 13.6. The van der Waals surface area contributed by atoms with Gasteiger partial charge in [0.05, 0.1) is 17.8 Å². The number of hydrogen-bond acceptors (Lipinski definition) is 6. The fourth-order valence-corrected chi connectivity index (χ4v) is 5.10. The summed E-state index contributed by atoms with van der Waals surface area (Å²) in [4.78, 5) is 43.6. The molecule has 2 amide bonds. The van der Waals surface area contributed by atoms with Gasteiger partial charge in [-0.15, -0.1) is 0 Å². The number of amides is 2. The Hall–Kier alpha value is -4.60. The molecule has 0 unspecified atom stereocenters. The van der Waals surface area contributed by atoms with Crippen LogP contribution in [0.15, 0.2) is 48.7 Å². The van der Waals surface area contributed by atoms with Crippen molar-refractivity contribution in [1.82, 2.24) is 25.2 Å². The van der Waals surface area contributed by atoms with Gasteiger partial charge in [-0.2, -0.15) is 5.10 Å². The summed E-state index contributed by atoms with van der Waals surface area (Å²) in [6, 6.07) is 11.0. The number of carbonyl (C=O) groups is 3. The number of rotatable bonds is 6. The van der Waals surface area contributed by atoms with E-state index >= 15 is 0 Å². The molecule has 0 aliphatic heterocycles. The van der Waals surface area contributed by atoms with E-state index in [1.165, 1.54) is 22.8 Å². The Balaban J connectivity index is 1.35. The van der Waals surface area contributed by atoms with Crippen LogP contribution in [0, 0.1) is 19.7 Å². The molecule has 1 atom stereocenters. The van der Waals surface area contributed by atoms with Crippen molar-refractivity contribution in [3.05, 3.63) is 99.2 Å². The maximum atomic E-state index is 13.6. The number of aromatic nitrogens is 3. The molecule has 0 bridgehead atoms. The molecule has 9 nitrogen and oxygen atoms in total. The molecule has 4 aromatic rings. The molecule has 2 aromatic heterocycles. The van der Waals surface area contributed by atoms with Gasteiger partial charge in [-0.05, 0) is 87.4 Å². The maximum Gasteiger partial charge on any atom is 0.338 e. The van der Waals surface area contributed by atoms with Crippen LogP contribution in [-0.2, 0) is 17.7 Å². The van der Waals surface area contributed by atoms with E-state index in [-0.39, 0.29) is 35.8 Å². The average Bonchev–Trinajstić information content (AvgIpc) is 3.55. The summed E-state index contributed by atoms with van der Waals surface area (Å²) in [6.45, 7) is 9.22. The molecule has 2 aromatic carbocycles. The average molecular weight is 558 g/mol. The van der Waals surface area contributed by atoms with Crippen LogP contribution in [0.1, 0.15) is 92.4 Å². The van der Waals surface area contributed by atoms with Crippen molar-refractivity contribution in [2.75, 3.05) is 0 Å². The van der Waals surface area contributed by atoms with Crippen LogP contribution in [0.5, 0.6) is 0 Å². The molecule has 10 heteroatoms. The summed E-state index contributed by atoms with van der Waals surface area (Å²) in [7, 11) is 0. The SMILES string of the molecule is Cc1cc(CNC(=O)c2cc(C(=O)N[C@H]3CCc4c3ccc(C(=O)OC(C)(C)C)c4C)n3nccc3n2)ccc1F. The molecule has 1 aliphatic rings. The van der Waals surface area contributed by atoms with Gasteiger partial charge in [0.1, 0.15) is 22.8 Å². The second-order valence-electron chi connectivity index (χ2n) is 11.3. The number of ether oxygens (including phenoxy) is 1. The largest absolute Gasteiger partial charge is 0.456 e. The number of esters is 1. The number of benzene rings is 2. The standard InChI is InChI=1S/C31H32FN5O4/c1-17-14-19(6-10-23(17)32)16-33-28(38)25-15-26(37-27(35-25)12-13-34-37)29(39)36-24-11-9-20-18(2)21(7-8-22(20)24)30(40)41-31(3,4)5/h6-8,10,12-15,24H,9,11,16H2,1-5H3,(H,33,38)(H,36,39)/t24-/m0/s1. The molecule has 1 aliphatic carbocycles. The summed E-state index contributed by atoms with van der Waals surface area (Å²) in [5, 5.41) is 10.1. The van der Waals surface area contributed by atoms with E-state index in [0.717, 1.165) is 22.3 Å². The highest BCUT2D eigenvalue weighted by Crippen LogP contribution is 2.35. The molecular weight excluding hydrogens is 525 g/mol. The van der Waals surface area contributed by atoms with E-state index in [9.17, 15) is 18.8 Å². The highest BCUT2D eigenvalue weighted by molar-refractivity contribution is 5.98. The lowest BCUT2D eigenvalue weighted by Gasteiger charge is -2.21. The second-order valence-corrected chi connectivity index (χ2v) is 11.3. The number of aryl methyl sites for hydroxylation is 1. The number of hydrogen-bond donors (Lipinski definition) is 2. The molecule has 41 heavy (non-hydrogen) atoms. The minimum atomic E-state index is -0.600. The summed E-state index contributed by atoms with van der Waals surface area (Å²) >= 11 is 0. The molecule has 2 N–H and O–H groups in total. The first-order chi connectivity index (χ1) is 19.4. The number of carbonyl (C=O) groups excluding carboxylic acids is 3. The predicted molar refractivity (Wildman–Crippen MR) is 150 cm³/mol. The first-order valence-electron chi connectivity index (χ1n) is 13.5. The van der Waals surface area contributed by atoms with Gasteiger partial charge < -0.3 is 15.4 Å². The third kappa shape index (κ3) is 5.82. The zero-order valence-corrected chi connectivity index (χ0v) is 23.7. The van der Waals surface area contributed by atoms with Crippen LogP contribution in [0.2, 0.25) is 0 Å². The van der Waals surface area contributed by atoms with Crippen LogP contribution in [-0.4, -0.2) is 38.0 Å². The van der Waals surface area contributed by atoms with Crippen LogP contribution in [0.3, 0.4) is 0 Å². The minimum absolute atomic E-state index is 0.0617. The Morgan fingerprint density at radius 2 is 1.85 bits per heavy atom. The van der Waals surface area contributed by atoms with Gasteiger partial charge in [-0.25, -0.2) is 18.7 Å². The van der Waals surface area contributed by atoms with Gasteiger partial charge in [0.15, 0.2) is 5.65 Å². The summed E-state index contributed by atoms with van der Waals surface area (Å²) in [6.07, 6.45) is 2.87. The fraction of sp³-hybridized carbons (Fsp3) is 0.323. The molecule has 212 valence electrons. The van der Waals surface area contributed by atoms with Crippen LogP contribution in [0.25, 0.3) is 5.65 Å². The van der Waals surface area contributed by atoms with Gasteiger partial charge in [-0.3, -0.25) is 9.59 Å². The van der Waals surface area contributed by atoms with Gasteiger partial charge in [0.2, 0.25) is 0 Å². The lowest BCUT2D eigenvalue weighted by atomic mass is 9.97. The zero-order chi connectivity index (χ0) is 29.5. The van der Waals surface area contributed by atoms with Crippen molar-refractivity contribution in [3.63, 3.8) is 0 Å². The van der Waals surface area contributed by atoms with Gasteiger partial charge >= 0.3 is 5.97 Å². The van der Waals surface area contributed by atoms with Gasteiger partial charge in [-0.1, -0.05) is 18.2 Å². The molecule has 0 saturated carbocycles. The van der Waals surface area contributed by atoms with E-state index in [2.05, 4.69) is 20.7 Å². The van der Waals surface area contributed by atoms with Crippen LogP contribution >= 0.6 is 0 Å². The van der Waals surface area contributed by atoms with Gasteiger partial charge in [0, 0.05) is 18.7 Å². The van der Waals surface area contributed by atoms with E-state index in [1.807, 2.05) is 33.8 Å². The first kappa shape index (κ1) is 27.9. The van der Waals surface area contributed by atoms with Crippen LogP contribution < -0.4 is 10.6 Å². The van der Waals surface area contributed by atoms with Gasteiger partial charge in [0.25, 0.3) is 11.8 Å². The Labute approximate surface area is 237 Å². The highest BCUT2D eigenvalue weighted by atomic mass is 19.1. The van der Waals surface area contributed by atoms with Crippen molar-refractivity contribution in [3.8, 4) is 0 Å². The molecule has 2 heterocycles. The predicted octanol–water partition coefficient (Wildman–Crippen LogP) is 4.79. The second kappa shape index (κ2) is 10.8. The van der Waals surface area contributed by atoms with E-state index in [4.69, 9.17) is 4.74 Å². The fourth-order valence-electron chi connectivity index (χ4n) is 5.10. The zero-order valence-electron chi connectivity index (χ0n) is 23.7. The van der Waals surface area contributed by atoms with Crippen molar-refractivity contribution in [1.29, 1.82) is 0 Å². The third-order valence-electron chi connectivity index (χ3n) is 7.12. The Bertz CT molecular complexity index is 1690. The van der Waals surface area contributed by atoms with E-state index in [1.54, 1.807) is 31.2 Å². The summed E-state index contributed by atoms with van der Waals surface area (Å²) < 4.78 is 20.5. The Morgan fingerprint density at radius 1 is 1.07 bits per heavy atom. The van der Waals surface area contributed by atoms with Crippen molar-refractivity contribution >= 4 is 23.4 Å². The minimum Gasteiger partial charge on any atom is -0.456 e. The molecule has 0 radical (unpaired) electrons. The monoisotopic (exact) mass is 557 g/mol. The number of nitrogens with one attached hydrogen (secondary N) is 2. The smallest absolute Gasteiger partial charge is 0.338 e. The molecule has 5 rings (SSSR count).